The van der Waals surface area contributed by atoms with Crippen LogP contribution < -0.4 is 4.90 Å². The molecule has 4 aromatic rings. The summed E-state index contributed by atoms with van der Waals surface area (Å²) in [6, 6.07) is 30.4. The number of carbonyl (C=O) groups is 3. The van der Waals surface area contributed by atoms with Crippen LogP contribution in [0.4, 0.5) is 5.69 Å². The van der Waals surface area contributed by atoms with E-state index < -0.39 is 23.4 Å². The molecule has 1 saturated heterocycles. The summed E-state index contributed by atoms with van der Waals surface area (Å²) in [5.41, 5.74) is 2.53. The summed E-state index contributed by atoms with van der Waals surface area (Å²) in [7, 11) is 0. The van der Waals surface area contributed by atoms with Gasteiger partial charge in [-0.2, -0.15) is 0 Å². The van der Waals surface area contributed by atoms with Gasteiger partial charge in [0.2, 0.25) is 0 Å². The lowest BCUT2D eigenvalue weighted by atomic mass is 9.64. The van der Waals surface area contributed by atoms with Gasteiger partial charge in [0.05, 0.1) is 6.04 Å². The summed E-state index contributed by atoms with van der Waals surface area (Å²) in [6.07, 6.45) is 3.93. The fourth-order valence-corrected chi connectivity index (χ4v) is 7.00. The zero-order chi connectivity index (χ0) is 26.0. The minimum Gasteiger partial charge on any atom is -0.352 e. The maximum atomic E-state index is 14.6. The van der Waals surface area contributed by atoms with Crippen molar-refractivity contribution in [2.24, 2.45) is 5.41 Å². The maximum Gasteiger partial charge on any atom is 0.185 e. The number of halogens is 1. The van der Waals surface area contributed by atoms with Crippen molar-refractivity contribution in [3.05, 3.63) is 141 Å². The van der Waals surface area contributed by atoms with Gasteiger partial charge in [-0.25, -0.2) is 0 Å². The minimum absolute atomic E-state index is 0.109. The first-order chi connectivity index (χ1) is 18.5. The number of hydrogen-bond acceptors (Lipinski definition) is 4. The van der Waals surface area contributed by atoms with Crippen LogP contribution in [0.1, 0.15) is 48.1 Å². The molecule has 1 fully saturated rings. The SMILES string of the molecule is O=C(c1ccccc1)[C@@H]1[C@H](c2ccc(Br)cc2)C2(C(=O)c3ccccc3C2=O)[C@H]2C=Cc3ccccc3N12. The predicted molar refractivity (Wildman–Crippen MR) is 151 cm³/mol. The molecule has 0 amide bonds. The Morgan fingerprint density at radius 1 is 0.737 bits per heavy atom. The standard InChI is InChI=1S/C33H22BrNO3/c34-23-17-14-21(15-18-23)28-29(30(36)22-9-2-1-3-10-22)35-26-13-7-4-8-20(26)16-19-27(35)33(28)31(37)24-11-5-6-12-25(24)32(33)38/h1-19,27-29H/t27-,28+,29+/m1/s1. The monoisotopic (exact) mass is 559 g/mol. The van der Waals surface area contributed by atoms with Crippen LogP contribution in [0.3, 0.4) is 0 Å². The van der Waals surface area contributed by atoms with Crippen LogP contribution in [0.5, 0.6) is 0 Å². The summed E-state index contributed by atoms with van der Waals surface area (Å²) >= 11 is 3.52. The van der Waals surface area contributed by atoms with Gasteiger partial charge in [0.25, 0.3) is 0 Å². The van der Waals surface area contributed by atoms with Crippen molar-refractivity contribution in [3.63, 3.8) is 0 Å². The summed E-state index contributed by atoms with van der Waals surface area (Å²) in [4.78, 5) is 45.6. The molecule has 0 unspecified atom stereocenters. The lowest BCUT2D eigenvalue weighted by Crippen LogP contribution is -2.48. The molecule has 4 nitrogen and oxygen atoms in total. The molecule has 38 heavy (non-hydrogen) atoms. The zero-order valence-electron chi connectivity index (χ0n) is 20.3. The highest BCUT2D eigenvalue weighted by Crippen LogP contribution is 2.61. The van der Waals surface area contributed by atoms with Crippen LogP contribution in [0, 0.1) is 5.41 Å². The van der Waals surface area contributed by atoms with Gasteiger partial charge in [-0.15, -0.1) is 0 Å². The second-order valence-electron chi connectivity index (χ2n) is 10.0. The quantitative estimate of drug-likeness (QED) is 0.205. The van der Waals surface area contributed by atoms with Crippen LogP contribution in [-0.2, 0) is 0 Å². The Bertz CT molecular complexity index is 1620. The summed E-state index contributed by atoms with van der Waals surface area (Å²) in [6.45, 7) is 0. The number of rotatable bonds is 3. The Morgan fingerprint density at radius 3 is 2.03 bits per heavy atom. The highest BCUT2D eigenvalue weighted by molar-refractivity contribution is 9.10. The number of hydrogen-bond donors (Lipinski definition) is 0. The second kappa shape index (κ2) is 8.47. The van der Waals surface area contributed by atoms with E-state index in [9.17, 15) is 14.4 Å². The first-order valence-corrected chi connectivity index (χ1v) is 13.4. The van der Waals surface area contributed by atoms with Crippen LogP contribution in [0.2, 0.25) is 0 Å². The van der Waals surface area contributed by atoms with E-state index in [1.807, 2.05) is 83.8 Å². The average molecular weight is 560 g/mol. The van der Waals surface area contributed by atoms with Crippen LogP contribution >= 0.6 is 15.9 Å². The highest BCUT2D eigenvalue weighted by atomic mass is 79.9. The molecular weight excluding hydrogens is 538 g/mol. The maximum absolute atomic E-state index is 14.6. The molecule has 1 spiro atoms. The molecule has 184 valence electrons. The van der Waals surface area contributed by atoms with E-state index in [1.54, 1.807) is 36.4 Å². The van der Waals surface area contributed by atoms with Crippen LogP contribution in [-0.4, -0.2) is 29.4 Å². The molecule has 0 bridgehead atoms. The van der Waals surface area contributed by atoms with Gasteiger partial charge in [0.15, 0.2) is 17.3 Å². The van der Waals surface area contributed by atoms with Crippen molar-refractivity contribution in [1.29, 1.82) is 0 Å². The Morgan fingerprint density at radius 2 is 1.34 bits per heavy atom. The Hall–Kier alpha value is -4.09. The average Bonchev–Trinajstić information content (AvgIpc) is 3.40. The highest BCUT2D eigenvalue weighted by Gasteiger charge is 2.71. The largest absolute Gasteiger partial charge is 0.352 e. The number of benzene rings is 4. The molecule has 4 aromatic carbocycles. The summed E-state index contributed by atoms with van der Waals surface area (Å²) in [5.74, 6) is -1.24. The molecule has 2 aliphatic heterocycles. The molecule has 0 aromatic heterocycles. The van der Waals surface area contributed by atoms with Gasteiger partial charge in [-0.3, -0.25) is 14.4 Å². The molecule has 2 heterocycles. The topological polar surface area (TPSA) is 54.5 Å². The number of fused-ring (bicyclic) bond motifs is 5. The van der Waals surface area contributed by atoms with Crippen molar-refractivity contribution in [2.75, 3.05) is 4.90 Å². The van der Waals surface area contributed by atoms with Gasteiger partial charge >= 0.3 is 0 Å². The third-order valence-corrected chi connectivity index (χ3v) is 8.80. The van der Waals surface area contributed by atoms with E-state index in [4.69, 9.17) is 0 Å². The summed E-state index contributed by atoms with van der Waals surface area (Å²) < 4.78 is 0.884. The smallest absolute Gasteiger partial charge is 0.185 e. The van der Waals surface area contributed by atoms with Crippen molar-refractivity contribution >= 4 is 45.0 Å². The molecule has 0 radical (unpaired) electrons. The summed E-state index contributed by atoms with van der Waals surface area (Å²) in [5, 5.41) is 0. The van der Waals surface area contributed by atoms with E-state index >= 15 is 0 Å². The van der Waals surface area contributed by atoms with Gasteiger partial charge in [-0.1, -0.05) is 113 Å². The van der Waals surface area contributed by atoms with Crippen molar-refractivity contribution in [1.82, 2.24) is 0 Å². The number of Topliss-reactive ketones (excluding diaryl/α,β-unsaturated/α-hetero) is 3. The first-order valence-electron chi connectivity index (χ1n) is 12.6. The van der Waals surface area contributed by atoms with Gasteiger partial charge in [0.1, 0.15) is 11.5 Å². The molecule has 5 heteroatoms. The third kappa shape index (κ3) is 2.99. The predicted octanol–water partition coefficient (Wildman–Crippen LogP) is 6.77. The molecule has 0 saturated carbocycles. The fraction of sp³-hybridized carbons (Fsp3) is 0.121. The van der Waals surface area contributed by atoms with E-state index in [0.29, 0.717) is 16.7 Å². The lowest BCUT2D eigenvalue weighted by Gasteiger charge is -2.37. The fourth-order valence-electron chi connectivity index (χ4n) is 6.73. The second-order valence-corrected chi connectivity index (χ2v) is 11.0. The molecule has 3 aliphatic rings. The van der Waals surface area contributed by atoms with E-state index in [0.717, 1.165) is 21.3 Å². The number of ketones is 3. The zero-order valence-corrected chi connectivity index (χ0v) is 21.8. The molecule has 3 atom stereocenters. The number of anilines is 1. The molecule has 7 rings (SSSR count). The lowest BCUT2D eigenvalue weighted by molar-refractivity contribution is 0.0666. The van der Waals surface area contributed by atoms with Crippen LogP contribution in [0.25, 0.3) is 6.08 Å². The minimum atomic E-state index is -1.48. The Kier molecular flexibility index (Phi) is 5.14. The number of nitrogens with zero attached hydrogens (tertiary/aromatic N) is 1. The van der Waals surface area contributed by atoms with Crippen LogP contribution in [0.15, 0.2) is 114 Å². The van der Waals surface area contributed by atoms with E-state index in [1.165, 1.54) is 0 Å². The van der Waals surface area contributed by atoms with Crippen molar-refractivity contribution in [3.8, 4) is 0 Å². The normalized spacial score (nSPS) is 22.3. The number of para-hydroxylation sites is 1. The van der Waals surface area contributed by atoms with Crippen molar-refractivity contribution < 1.29 is 14.4 Å². The van der Waals surface area contributed by atoms with E-state index in [-0.39, 0.29) is 17.3 Å². The first kappa shape index (κ1) is 23.1. The van der Waals surface area contributed by atoms with Gasteiger partial charge in [-0.05, 0) is 29.3 Å². The van der Waals surface area contributed by atoms with E-state index in [2.05, 4.69) is 15.9 Å². The number of carbonyl (C=O) groups excluding carboxylic acids is 3. The third-order valence-electron chi connectivity index (χ3n) is 8.27. The van der Waals surface area contributed by atoms with Gasteiger partial charge < -0.3 is 4.90 Å². The van der Waals surface area contributed by atoms with Crippen molar-refractivity contribution in [2.45, 2.75) is 18.0 Å². The molecule has 0 N–H and O–H groups in total. The Balaban J connectivity index is 1.55. The van der Waals surface area contributed by atoms with Gasteiger partial charge in [0, 0.05) is 32.8 Å². The molecular formula is C33H22BrNO3. The Labute approximate surface area is 228 Å². The molecule has 1 aliphatic carbocycles.